The molecule has 25 heavy (non-hydrogen) atoms. The number of benzene rings is 1. The van der Waals surface area contributed by atoms with Gasteiger partial charge in [0.05, 0.1) is 23.1 Å². The van der Waals surface area contributed by atoms with Crippen molar-refractivity contribution >= 4 is 35.1 Å². The molecule has 134 valence electrons. The Morgan fingerprint density at radius 2 is 1.96 bits per heavy atom. The van der Waals surface area contributed by atoms with Crippen LogP contribution in [0.1, 0.15) is 17.3 Å². The van der Waals surface area contributed by atoms with Crippen molar-refractivity contribution < 1.29 is 14.0 Å². The summed E-state index contributed by atoms with van der Waals surface area (Å²) in [6.07, 6.45) is 0. The minimum absolute atomic E-state index is 0.0194. The van der Waals surface area contributed by atoms with Crippen LogP contribution >= 0.6 is 12.2 Å². The molecule has 0 unspecified atom stereocenters. The first kappa shape index (κ1) is 17.6. The van der Waals surface area contributed by atoms with E-state index in [1.807, 2.05) is 11.8 Å². The highest BCUT2D eigenvalue weighted by molar-refractivity contribution is 7.71. The number of piperazine rings is 1. The molecular weight excluding hydrogens is 345 g/mol. The van der Waals surface area contributed by atoms with Gasteiger partial charge >= 0.3 is 0 Å². The largest absolute Gasteiger partial charge is 0.355 e. The summed E-state index contributed by atoms with van der Waals surface area (Å²) >= 11 is 5.03. The van der Waals surface area contributed by atoms with E-state index >= 15 is 0 Å². The highest BCUT2D eigenvalue weighted by Crippen LogP contribution is 2.20. The number of fused-ring (bicyclic) bond motifs is 1. The lowest BCUT2D eigenvalue weighted by Gasteiger charge is -2.34. The van der Waals surface area contributed by atoms with Crippen LogP contribution in [-0.4, -0.2) is 70.9 Å². The van der Waals surface area contributed by atoms with Gasteiger partial charge in [-0.15, -0.1) is 0 Å². The molecule has 0 saturated carbocycles. The number of nitrogens with one attached hydrogen (secondary N) is 3. The summed E-state index contributed by atoms with van der Waals surface area (Å²) in [5, 5.41) is 2.76. The molecule has 0 spiro atoms. The van der Waals surface area contributed by atoms with Crippen molar-refractivity contribution in [3.8, 4) is 0 Å². The lowest BCUT2D eigenvalue weighted by Crippen LogP contribution is -2.51. The molecule has 9 heteroatoms. The van der Waals surface area contributed by atoms with Gasteiger partial charge in [-0.1, -0.05) is 0 Å². The monoisotopic (exact) mass is 365 g/mol. The molecule has 1 aliphatic heterocycles. The first-order valence-corrected chi connectivity index (χ1v) is 8.58. The summed E-state index contributed by atoms with van der Waals surface area (Å²) < 4.78 is 14.2. The van der Waals surface area contributed by atoms with Gasteiger partial charge in [0.2, 0.25) is 5.91 Å². The van der Waals surface area contributed by atoms with Gasteiger partial charge in [0.1, 0.15) is 5.82 Å². The minimum Gasteiger partial charge on any atom is -0.355 e. The molecule has 1 aromatic heterocycles. The highest BCUT2D eigenvalue weighted by Gasteiger charge is 2.25. The van der Waals surface area contributed by atoms with Gasteiger partial charge in [-0.2, -0.15) is 0 Å². The second-order valence-corrected chi connectivity index (χ2v) is 6.39. The second kappa shape index (κ2) is 7.32. The van der Waals surface area contributed by atoms with Crippen LogP contribution in [0.3, 0.4) is 0 Å². The number of carbonyl (C=O) groups is 2. The molecule has 2 amide bonds. The average Bonchev–Trinajstić information content (AvgIpc) is 2.94. The number of aromatic amines is 2. The van der Waals surface area contributed by atoms with E-state index in [0.29, 0.717) is 55.1 Å². The topological polar surface area (TPSA) is 84.2 Å². The predicted molar refractivity (Wildman–Crippen MR) is 94.5 cm³/mol. The normalized spacial score (nSPS) is 15.5. The number of carbonyl (C=O) groups excluding carboxylic acids is 2. The lowest BCUT2D eigenvalue weighted by molar-refractivity contribution is -0.122. The van der Waals surface area contributed by atoms with E-state index in [1.165, 1.54) is 12.1 Å². The summed E-state index contributed by atoms with van der Waals surface area (Å²) in [6, 6.07) is 2.54. The van der Waals surface area contributed by atoms with Crippen LogP contribution in [-0.2, 0) is 4.79 Å². The molecule has 1 fully saturated rings. The Morgan fingerprint density at radius 3 is 2.64 bits per heavy atom. The molecule has 1 aromatic carbocycles. The maximum atomic E-state index is 13.8. The molecule has 0 bridgehead atoms. The van der Waals surface area contributed by atoms with Crippen molar-refractivity contribution in [2.45, 2.75) is 6.92 Å². The maximum Gasteiger partial charge on any atom is 0.256 e. The minimum atomic E-state index is -0.490. The summed E-state index contributed by atoms with van der Waals surface area (Å²) in [6.45, 7) is 4.98. The van der Waals surface area contributed by atoms with Gasteiger partial charge in [-0.05, 0) is 31.3 Å². The number of nitrogens with zero attached hydrogens (tertiary/aromatic N) is 2. The first-order valence-electron chi connectivity index (χ1n) is 8.18. The fraction of sp³-hybridized carbons (Fsp3) is 0.438. The number of imidazole rings is 1. The number of amides is 2. The van der Waals surface area contributed by atoms with Crippen LogP contribution in [0.25, 0.3) is 11.0 Å². The molecule has 0 atom stereocenters. The molecule has 7 nitrogen and oxygen atoms in total. The van der Waals surface area contributed by atoms with Gasteiger partial charge < -0.3 is 20.2 Å². The second-order valence-electron chi connectivity index (χ2n) is 5.98. The third-order valence-corrected chi connectivity index (χ3v) is 4.43. The SMILES string of the molecule is CCNC(=O)CN1CCN(C(=O)c2cc(F)cc3[nH]c(=S)[nH]c23)CC1. The number of H-pyrrole nitrogens is 2. The zero-order valence-electron chi connectivity index (χ0n) is 13.9. The molecule has 0 aliphatic carbocycles. The van der Waals surface area contributed by atoms with Crippen LogP contribution in [0.15, 0.2) is 12.1 Å². The lowest BCUT2D eigenvalue weighted by atomic mass is 10.1. The predicted octanol–water partition coefficient (Wildman–Crippen LogP) is 1.26. The molecule has 1 saturated heterocycles. The molecule has 2 heterocycles. The summed E-state index contributed by atoms with van der Waals surface area (Å²) in [4.78, 5) is 33.9. The highest BCUT2D eigenvalue weighted by atomic mass is 32.1. The maximum absolute atomic E-state index is 13.8. The van der Waals surface area contributed by atoms with Crippen molar-refractivity contribution in [3.63, 3.8) is 0 Å². The van der Waals surface area contributed by atoms with Crippen LogP contribution in [0.4, 0.5) is 4.39 Å². The van der Waals surface area contributed by atoms with Crippen molar-refractivity contribution in [1.82, 2.24) is 25.1 Å². The molecule has 3 N–H and O–H groups in total. The Kier molecular flexibility index (Phi) is 5.14. The number of hydrogen-bond donors (Lipinski definition) is 3. The van der Waals surface area contributed by atoms with Gasteiger partial charge in [-0.25, -0.2) is 4.39 Å². The fourth-order valence-corrected chi connectivity index (χ4v) is 3.22. The van der Waals surface area contributed by atoms with Crippen molar-refractivity contribution in [3.05, 3.63) is 28.3 Å². The zero-order chi connectivity index (χ0) is 18.0. The third-order valence-electron chi connectivity index (χ3n) is 4.22. The van der Waals surface area contributed by atoms with E-state index in [0.717, 1.165) is 0 Å². The number of rotatable bonds is 4. The van der Waals surface area contributed by atoms with E-state index in [9.17, 15) is 14.0 Å². The van der Waals surface area contributed by atoms with Crippen LogP contribution in [0, 0.1) is 10.6 Å². The number of halogens is 1. The molecular formula is C16H20FN5O2S. The third kappa shape index (κ3) is 3.88. The number of likely N-dealkylation sites (N-methyl/N-ethyl adjacent to an activating group) is 1. The number of aromatic nitrogens is 2. The zero-order valence-corrected chi connectivity index (χ0v) is 14.7. The summed E-state index contributed by atoms with van der Waals surface area (Å²) in [7, 11) is 0. The molecule has 3 rings (SSSR count). The summed E-state index contributed by atoms with van der Waals surface area (Å²) in [5.74, 6) is -0.752. The van der Waals surface area contributed by atoms with E-state index in [2.05, 4.69) is 15.3 Å². The van der Waals surface area contributed by atoms with Crippen molar-refractivity contribution in [2.24, 2.45) is 0 Å². The van der Waals surface area contributed by atoms with Crippen LogP contribution < -0.4 is 5.32 Å². The fourth-order valence-electron chi connectivity index (χ4n) is 3.01. The van der Waals surface area contributed by atoms with E-state index in [4.69, 9.17) is 12.2 Å². The Labute approximate surface area is 149 Å². The van der Waals surface area contributed by atoms with Gasteiger partial charge in [0, 0.05) is 32.7 Å². The van der Waals surface area contributed by atoms with Crippen LogP contribution in [0.5, 0.6) is 0 Å². The van der Waals surface area contributed by atoms with Crippen molar-refractivity contribution in [2.75, 3.05) is 39.3 Å². The summed E-state index contributed by atoms with van der Waals surface area (Å²) in [5.41, 5.74) is 1.25. The van der Waals surface area contributed by atoms with Gasteiger partial charge in [0.15, 0.2) is 4.77 Å². The smallest absolute Gasteiger partial charge is 0.256 e. The van der Waals surface area contributed by atoms with E-state index in [1.54, 1.807) is 4.90 Å². The first-order chi connectivity index (χ1) is 12.0. The molecule has 1 aliphatic rings. The Hall–Kier alpha value is -2.26. The quantitative estimate of drug-likeness (QED) is 0.712. The standard InChI is InChI=1S/C16H20FN5O2S/c1-2-18-13(23)9-21-3-5-22(6-4-21)15(24)11-7-10(17)8-12-14(11)20-16(25)19-12/h7-8H,2-6,9H2,1H3,(H,18,23)(H2,19,20,25). The molecule has 0 radical (unpaired) electrons. The molecule has 2 aromatic rings. The number of hydrogen-bond acceptors (Lipinski definition) is 4. The van der Waals surface area contributed by atoms with Crippen molar-refractivity contribution in [1.29, 1.82) is 0 Å². The Bertz CT molecular complexity index is 854. The van der Waals surface area contributed by atoms with Gasteiger partial charge in [0.25, 0.3) is 5.91 Å². The van der Waals surface area contributed by atoms with E-state index < -0.39 is 5.82 Å². The Balaban J connectivity index is 1.71. The van der Waals surface area contributed by atoms with Gasteiger partial charge in [-0.3, -0.25) is 14.5 Å². The van der Waals surface area contributed by atoms with Crippen LogP contribution in [0.2, 0.25) is 0 Å². The average molecular weight is 365 g/mol. The van der Waals surface area contributed by atoms with E-state index in [-0.39, 0.29) is 17.4 Å². The Morgan fingerprint density at radius 1 is 1.24 bits per heavy atom.